The minimum absolute atomic E-state index is 0.0384. The topological polar surface area (TPSA) is 99.9 Å². The van der Waals surface area contributed by atoms with Crippen LogP contribution in [0.1, 0.15) is 51.1 Å². The number of carbonyl (C=O) groups excluding carboxylic acids is 4. The molecule has 0 atom stereocenters. The van der Waals surface area contributed by atoms with Crippen molar-refractivity contribution in [2.75, 3.05) is 0 Å². The van der Waals surface area contributed by atoms with Gasteiger partial charge < -0.3 is 23.5 Å². The van der Waals surface area contributed by atoms with Gasteiger partial charge in [0.25, 0.3) is 0 Å². The Balaban J connectivity index is 2.29. The van der Waals surface area contributed by atoms with Crippen molar-refractivity contribution >= 4 is 23.5 Å². The molecule has 0 aromatic carbocycles. The monoisotopic (exact) mass is 324 g/mol. The lowest BCUT2D eigenvalue weighted by atomic mass is 10.2. The summed E-state index contributed by atoms with van der Waals surface area (Å²) in [5.41, 5.74) is 0. The minimum atomic E-state index is -0.478. The van der Waals surface area contributed by atoms with Crippen molar-refractivity contribution in [1.29, 1.82) is 0 Å². The molecule has 0 saturated carbocycles. The highest BCUT2D eigenvalue weighted by molar-refractivity contribution is 5.81. The van der Waals surface area contributed by atoms with Crippen LogP contribution in [0.15, 0.2) is 16.5 Å². The summed E-state index contributed by atoms with van der Waals surface area (Å²) in [6.07, 6.45) is 0.379. The molecular formula is C16H20O7. The summed E-state index contributed by atoms with van der Waals surface area (Å²) in [4.78, 5) is 44.2. The molecule has 0 aliphatic rings. The summed E-state index contributed by atoms with van der Waals surface area (Å²) in [5, 5.41) is 0. The quantitative estimate of drug-likeness (QED) is 0.607. The Kier molecular flexibility index (Phi) is 7.73. The molecule has 0 aliphatic carbocycles. The lowest BCUT2D eigenvalue weighted by Gasteiger charge is -2.03. The molecule has 0 fully saturated rings. The molecule has 0 aliphatic heterocycles. The van der Waals surface area contributed by atoms with Crippen molar-refractivity contribution in [3.8, 4) is 0 Å². The molecule has 23 heavy (non-hydrogen) atoms. The van der Waals surface area contributed by atoms with Crippen LogP contribution in [0.5, 0.6) is 0 Å². The van der Waals surface area contributed by atoms with Crippen molar-refractivity contribution in [2.45, 2.75) is 52.7 Å². The van der Waals surface area contributed by atoms with Crippen LogP contribution in [0.25, 0.3) is 0 Å². The van der Waals surface area contributed by atoms with Gasteiger partial charge >= 0.3 is 11.9 Å². The molecule has 0 N–H and O–H groups in total. The van der Waals surface area contributed by atoms with Gasteiger partial charge in [0.2, 0.25) is 0 Å². The molecule has 126 valence electrons. The van der Waals surface area contributed by atoms with E-state index < -0.39 is 11.9 Å². The summed E-state index contributed by atoms with van der Waals surface area (Å²) >= 11 is 0. The third-order valence-electron chi connectivity index (χ3n) is 2.83. The first-order chi connectivity index (χ1) is 10.9. The van der Waals surface area contributed by atoms with Crippen LogP contribution < -0.4 is 0 Å². The van der Waals surface area contributed by atoms with Crippen LogP contribution in [0.4, 0.5) is 0 Å². The van der Waals surface area contributed by atoms with Gasteiger partial charge in [-0.3, -0.25) is 9.59 Å². The first-order valence-electron chi connectivity index (χ1n) is 7.24. The standard InChI is InChI=1S/C16H20O7/c1-11(17)3-7-15(19)21-9-13-5-6-14(23-13)10-22-16(20)8-4-12(2)18/h5-6H,3-4,7-10H2,1-2H3. The van der Waals surface area contributed by atoms with Crippen LogP contribution in [0.3, 0.4) is 0 Å². The highest BCUT2D eigenvalue weighted by atomic mass is 16.6. The van der Waals surface area contributed by atoms with Crippen molar-refractivity contribution < 1.29 is 33.1 Å². The van der Waals surface area contributed by atoms with E-state index in [-0.39, 0.29) is 50.5 Å². The summed E-state index contributed by atoms with van der Waals surface area (Å²) in [6.45, 7) is 2.72. The molecule has 0 spiro atoms. The van der Waals surface area contributed by atoms with Crippen LogP contribution in [0.2, 0.25) is 0 Å². The zero-order chi connectivity index (χ0) is 17.2. The van der Waals surface area contributed by atoms with Crippen LogP contribution in [0, 0.1) is 0 Å². The zero-order valence-corrected chi connectivity index (χ0v) is 13.3. The Morgan fingerprint density at radius 3 is 1.52 bits per heavy atom. The third-order valence-corrected chi connectivity index (χ3v) is 2.83. The van der Waals surface area contributed by atoms with Crippen molar-refractivity contribution in [1.82, 2.24) is 0 Å². The summed E-state index contributed by atoms with van der Waals surface area (Å²) in [7, 11) is 0. The molecule has 7 heteroatoms. The predicted octanol–water partition coefficient (Wildman–Crippen LogP) is 2.10. The van der Waals surface area contributed by atoms with Gasteiger partial charge in [0.05, 0.1) is 12.8 Å². The SMILES string of the molecule is CC(=O)CCC(=O)OCc1ccc(COC(=O)CCC(C)=O)o1. The fourth-order valence-corrected chi connectivity index (χ4v) is 1.58. The second-order valence-electron chi connectivity index (χ2n) is 5.09. The van der Waals surface area contributed by atoms with E-state index in [9.17, 15) is 19.2 Å². The Morgan fingerprint density at radius 2 is 1.17 bits per heavy atom. The van der Waals surface area contributed by atoms with Crippen LogP contribution in [-0.2, 0) is 41.9 Å². The van der Waals surface area contributed by atoms with E-state index in [0.717, 1.165) is 0 Å². The maximum absolute atomic E-state index is 11.4. The van der Waals surface area contributed by atoms with Gasteiger partial charge in [-0.15, -0.1) is 0 Å². The molecule has 0 unspecified atom stereocenters. The van der Waals surface area contributed by atoms with Gasteiger partial charge in [-0.1, -0.05) is 0 Å². The number of esters is 2. The molecule has 0 radical (unpaired) electrons. The molecule has 1 rings (SSSR count). The maximum atomic E-state index is 11.4. The minimum Gasteiger partial charge on any atom is -0.459 e. The number of ketones is 2. The van der Waals surface area contributed by atoms with E-state index >= 15 is 0 Å². The predicted molar refractivity (Wildman–Crippen MR) is 78.1 cm³/mol. The Labute approximate surface area is 133 Å². The average Bonchev–Trinajstić information content (AvgIpc) is 2.94. The van der Waals surface area contributed by atoms with Gasteiger partial charge in [-0.05, 0) is 26.0 Å². The molecule has 7 nitrogen and oxygen atoms in total. The number of rotatable bonds is 10. The van der Waals surface area contributed by atoms with E-state index in [0.29, 0.717) is 11.5 Å². The number of hydrogen-bond acceptors (Lipinski definition) is 7. The van der Waals surface area contributed by atoms with E-state index in [4.69, 9.17) is 13.9 Å². The van der Waals surface area contributed by atoms with E-state index in [1.165, 1.54) is 13.8 Å². The number of furan rings is 1. The number of hydrogen-bond donors (Lipinski definition) is 0. The van der Waals surface area contributed by atoms with Crippen molar-refractivity contribution in [3.63, 3.8) is 0 Å². The smallest absolute Gasteiger partial charge is 0.306 e. The lowest BCUT2D eigenvalue weighted by molar-refractivity contribution is -0.146. The van der Waals surface area contributed by atoms with Crippen LogP contribution in [-0.4, -0.2) is 23.5 Å². The van der Waals surface area contributed by atoms with Gasteiger partial charge in [-0.25, -0.2) is 0 Å². The van der Waals surface area contributed by atoms with E-state index in [1.807, 2.05) is 0 Å². The first-order valence-corrected chi connectivity index (χ1v) is 7.24. The Hall–Kier alpha value is -2.44. The summed E-state index contributed by atoms with van der Waals surface area (Å²) in [6, 6.07) is 3.22. The van der Waals surface area contributed by atoms with E-state index in [1.54, 1.807) is 12.1 Å². The lowest BCUT2D eigenvalue weighted by Crippen LogP contribution is -2.06. The molecule has 0 bridgehead atoms. The molecule has 1 aromatic heterocycles. The Morgan fingerprint density at radius 1 is 0.783 bits per heavy atom. The van der Waals surface area contributed by atoms with Crippen molar-refractivity contribution in [2.24, 2.45) is 0 Å². The van der Waals surface area contributed by atoms with Gasteiger partial charge in [0, 0.05) is 12.8 Å². The highest BCUT2D eigenvalue weighted by Crippen LogP contribution is 2.11. The fraction of sp³-hybridized carbons (Fsp3) is 0.500. The Bertz CT molecular complexity index is 522. The number of carbonyl (C=O) groups is 4. The van der Waals surface area contributed by atoms with E-state index in [2.05, 4.69) is 0 Å². The maximum Gasteiger partial charge on any atom is 0.306 e. The van der Waals surface area contributed by atoms with Gasteiger partial charge in [0.15, 0.2) is 0 Å². The summed E-state index contributed by atoms with van der Waals surface area (Å²) in [5.74, 6) is -0.280. The molecular weight excluding hydrogens is 304 g/mol. The molecule has 0 saturated heterocycles. The second kappa shape index (κ2) is 9.55. The third kappa shape index (κ3) is 8.55. The largest absolute Gasteiger partial charge is 0.459 e. The number of Topliss-reactive ketones (excluding diaryl/α,β-unsaturated/α-hetero) is 2. The average molecular weight is 324 g/mol. The van der Waals surface area contributed by atoms with Gasteiger partial charge in [-0.2, -0.15) is 0 Å². The number of ether oxygens (including phenoxy) is 2. The van der Waals surface area contributed by atoms with Crippen LogP contribution >= 0.6 is 0 Å². The molecule has 1 heterocycles. The normalized spacial score (nSPS) is 10.2. The zero-order valence-electron chi connectivity index (χ0n) is 13.3. The second-order valence-corrected chi connectivity index (χ2v) is 5.09. The first kappa shape index (κ1) is 18.6. The molecule has 0 amide bonds. The fourth-order valence-electron chi connectivity index (χ4n) is 1.58. The van der Waals surface area contributed by atoms with Crippen molar-refractivity contribution in [3.05, 3.63) is 23.7 Å². The van der Waals surface area contributed by atoms with Gasteiger partial charge in [0.1, 0.15) is 36.3 Å². The highest BCUT2D eigenvalue weighted by Gasteiger charge is 2.10. The molecule has 1 aromatic rings. The summed E-state index contributed by atoms with van der Waals surface area (Å²) < 4.78 is 15.3.